The largest absolute Gasteiger partial charge is 0.456 e. The van der Waals surface area contributed by atoms with Crippen LogP contribution < -0.4 is 4.90 Å². The number of para-hydroxylation sites is 1. The minimum absolute atomic E-state index is 0.172. The quantitative estimate of drug-likeness (QED) is 0.189. The molecule has 0 N–H and O–H groups in total. The molecular formula is C46H35NOS. The van der Waals surface area contributed by atoms with Crippen molar-refractivity contribution in [2.24, 2.45) is 23.7 Å². The normalized spacial score (nSPS) is 24.8. The number of nitrogens with zero attached hydrogens (tertiary/aromatic N) is 1. The molecule has 0 amide bonds. The lowest BCUT2D eigenvalue weighted by molar-refractivity contribution is -0.0399. The highest BCUT2D eigenvalue weighted by Crippen LogP contribution is 2.69. The van der Waals surface area contributed by atoms with E-state index in [0.29, 0.717) is 0 Å². The van der Waals surface area contributed by atoms with E-state index in [-0.39, 0.29) is 5.41 Å². The van der Waals surface area contributed by atoms with Gasteiger partial charge in [-0.05, 0) is 127 Å². The molecule has 0 radical (unpaired) electrons. The number of anilines is 3. The fraction of sp³-hybridized carbons (Fsp3) is 0.217. The van der Waals surface area contributed by atoms with Crippen LogP contribution in [0.15, 0.2) is 132 Å². The van der Waals surface area contributed by atoms with Crippen LogP contribution in [0.25, 0.3) is 53.2 Å². The van der Waals surface area contributed by atoms with Crippen molar-refractivity contribution in [2.75, 3.05) is 4.90 Å². The van der Waals surface area contributed by atoms with Gasteiger partial charge < -0.3 is 9.32 Å². The Morgan fingerprint density at radius 3 is 1.96 bits per heavy atom. The minimum Gasteiger partial charge on any atom is -0.456 e. The van der Waals surface area contributed by atoms with Gasteiger partial charge >= 0.3 is 0 Å². The van der Waals surface area contributed by atoms with E-state index in [0.717, 1.165) is 51.3 Å². The van der Waals surface area contributed by atoms with Crippen molar-refractivity contribution in [2.45, 2.75) is 37.5 Å². The maximum Gasteiger partial charge on any atom is 0.137 e. The van der Waals surface area contributed by atoms with Gasteiger partial charge in [0.1, 0.15) is 11.2 Å². The molecule has 0 saturated heterocycles. The maximum atomic E-state index is 6.45. The third-order valence-electron chi connectivity index (χ3n) is 13.0. The molecule has 1 spiro atoms. The van der Waals surface area contributed by atoms with Gasteiger partial charge in [-0.1, -0.05) is 72.8 Å². The zero-order valence-corrected chi connectivity index (χ0v) is 28.0. The second kappa shape index (κ2) is 9.64. The smallest absolute Gasteiger partial charge is 0.137 e. The molecule has 6 aromatic carbocycles. The fourth-order valence-corrected chi connectivity index (χ4v) is 12.6. The number of fused-ring (bicyclic) bond motifs is 9. The first-order chi connectivity index (χ1) is 24.2. The molecule has 236 valence electrons. The molecule has 0 atom stereocenters. The Labute approximate surface area is 289 Å². The molecule has 2 nitrogen and oxygen atoms in total. The second-order valence-electron chi connectivity index (χ2n) is 15.3. The molecule has 4 saturated carbocycles. The highest BCUT2D eigenvalue weighted by molar-refractivity contribution is 7.25. The van der Waals surface area contributed by atoms with Crippen molar-refractivity contribution in [3.8, 4) is 11.1 Å². The van der Waals surface area contributed by atoms with Crippen molar-refractivity contribution >= 4 is 70.5 Å². The Morgan fingerprint density at radius 1 is 0.490 bits per heavy atom. The molecule has 49 heavy (non-hydrogen) atoms. The van der Waals surface area contributed by atoms with Crippen LogP contribution in [0.1, 0.15) is 43.2 Å². The van der Waals surface area contributed by atoms with Crippen LogP contribution in [0.4, 0.5) is 17.1 Å². The first-order valence-electron chi connectivity index (χ1n) is 18.1. The molecule has 5 aliphatic rings. The number of benzene rings is 6. The lowest BCUT2D eigenvalue weighted by atomic mass is 9.43. The van der Waals surface area contributed by atoms with Crippen molar-refractivity contribution < 1.29 is 4.42 Å². The Hall–Kier alpha value is -4.86. The van der Waals surface area contributed by atoms with Crippen LogP contribution in [0.3, 0.4) is 0 Å². The monoisotopic (exact) mass is 649 g/mol. The average Bonchev–Trinajstić information content (AvgIpc) is 3.78. The summed E-state index contributed by atoms with van der Waals surface area (Å²) in [4.78, 5) is 2.46. The van der Waals surface area contributed by atoms with Gasteiger partial charge in [0.05, 0.1) is 0 Å². The molecule has 5 aliphatic carbocycles. The summed E-state index contributed by atoms with van der Waals surface area (Å²) in [5, 5.41) is 4.98. The van der Waals surface area contributed by atoms with Crippen molar-refractivity contribution in [3.05, 3.63) is 139 Å². The highest BCUT2D eigenvalue weighted by Gasteiger charge is 2.61. The zero-order valence-electron chi connectivity index (χ0n) is 27.2. The van der Waals surface area contributed by atoms with Crippen LogP contribution in [0, 0.1) is 23.7 Å². The predicted molar refractivity (Wildman–Crippen MR) is 205 cm³/mol. The Morgan fingerprint density at radius 2 is 1.10 bits per heavy atom. The van der Waals surface area contributed by atoms with Gasteiger partial charge in [0.2, 0.25) is 0 Å². The summed E-state index contributed by atoms with van der Waals surface area (Å²) in [6.07, 6.45) is 7.09. The lowest BCUT2D eigenvalue weighted by Gasteiger charge is -2.61. The first kappa shape index (κ1) is 27.0. The average molecular weight is 650 g/mol. The number of thiophene rings is 1. The van der Waals surface area contributed by atoms with Crippen LogP contribution in [-0.4, -0.2) is 0 Å². The van der Waals surface area contributed by atoms with E-state index in [1.807, 2.05) is 11.3 Å². The van der Waals surface area contributed by atoms with Crippen LogP contribution in [-0.2, 0) is 5.41 Å². The summed E-state index contributed by atoms with van der Waals surface area (Å²) >= 11 is 1.88. The summed E-state index contributed by atoms with van der Waals surface area (Å²) in [5.74, 6) is 3.41. The number of furan rings is 1. The van der Waals surface area contributed by atoms with E-state index in [1.54, 1.807) is 11.1 Å². The van der Waals surface area contributed by atoms with E-state index in [4.69, 9.17) is 4.42 Å². The molecule has 0 aliphatic heterocycles. The summed E-state index contributed by atoms with van der Waals surface area (Å²) in [6, 6.07) is 47.9. The Kier molecular flexibility index (Phi) is 5.32. The van der Waals surface area contributed by atoms with Gasteiger partial charge in [-0.3, -0.25) is 0 Å². The molecule has 2 heterocycles. The summed E-state index contributed by atoms with van der Waals surface area (Å²) < 4.78 is 9.10. The SMILES string of the molecule is c1ccc2c(c1)-c1cc(N(c3ccc4c(c3)oc3ccccc34)c3ccc4c(c3)sc3ccccc34)ccc1C21C2CC3CC(C2)CC1C3. The Bertz CT molecular complexity index is 2520. The second-order valence-corrected chi connectivity index (χ2v) is 16.4. The van der Waals surface area contributed by atoms with Crippen LogP contribution in [0.5, 0.6) is 0 Å². The molecule has 3 heteroatoms. The Balaban J connectivity index is 1.08. The van der Waals surface area contributed by atoms with Crippen molar-refractivity contribution in [1.29, 1.82) is 0 Å². The van der Waals surface area contributed by atoms with Gasteiger partial charge in [0.25, 0.3) is 0 Å². The first-order valence-corrected chi connectivity index (χ1v) is 18.9. The van der Waals surface area contributed by atoms with Crippen LogP contribution in [0.2, 0.25) is 0 Å². The molecule has 2 aromatic heterocycles. The van der Waals surface area contributed by atoms with Gasteiger partial charge in [0, 0.05) is 59.5 Å². The third-order valence-corrected chi connectivity index (χ3v) is 14.2. The fourth-order valence-electron chi connectivity index (χ4n) is 11.4. The molecule has 0 unspecified atom stereocenters. The van der Waals surface area contributed by atoms with Gasteiger partial charge in [-0.15, -0.1) is 11.3 Å². The number of hydrogen-bond acceptors (Lipinski definition) is 3. The van der Waals surface area contributed by atoms with Gasteiger partial charge in [-0.25, -0.2) is 0 Å². The standard InChI is InChI=1S/C46H35NOS/c1-4-10-40-34(7-1)39-24-31(15-18-41(39)46(40)29-20-27-19-28(22-29)23-30(46)21-27)47(32-13-16-36-35-8-2-5-11-42(35)48-43(36)25-32)33-14-17-38-37-9-3-6-12-44(37)49-45(38)26-33/h1-18,24-30H,19-23H2. The van der Waals surface area contributed by atoms with E-state index >= 15 is 0 Å². The minimum atomic E-state index is 0.172. The lowest BCUT2D eigenvalue weighted by Crippen LogP contribution is -2.55. The molecule has 13 rings (SSSR count). The third kappa shape index (κ3) is 3.56. The summed E-state index contributed by atoms with van der Waals surface area (Å²) in [5.41, 5.74) is 11.6. The van der Waals surface area contributed by atoms with E-state index < -0.39 is 0 Å². The molecule has 8 aromatic rings. The maximum absolute atomic E-state index is 6.45. The predicted octanol–water partition coefficient (Wildman–Crippen LogP) is 13.1. The van der Waals surface area contributed by atoms with E-state index in [9.17, 15) is 0 Å². The molecule has 4 bridgehead atoms. The molecule has 4 fully saturated rings. The van der Waals surface area contributed by atoms with Gasteiger partial charge in [-0.2, -0.15) is 0 Å². The topological polar surface area (TPSA) is 16.4 Å². The summed E-state index contributed by atoms with van der Waals surface area (Å²) in [6.45, 7) is 0. The van der Waals surface area contributed by atoms with E-state index in [1.165, 1.54) is 74.8 Å². The van der Waals surface area contributed by atoms with Crippen molar-refractivity contribution in [1.82, 2.24) is 0 Å². The zero-order chi connectivity index (χ0) is 31.8. The van der Waals surface area contributed by atoms with Gasteiger partial charge in [0.15, 0.2) is 0 Å². The number of rotatable bonds is 3. The van der Waals surface area contributed by atoms with Crippen LogP contribution >= 0.6 is 11.3 Å². The molecular weight excluding hydrogens is 615 g/mol. The van der Waals surface area contributed by atoms with E-state index in [2.05, 4.69) is 132 Å². The summed E-state index contributed by atoms with van der Waals surface area (Å²) in [7, 11) is 0. The highest BCUT2D eigenvalue weighted by atomic mass is 32.1. The number of hydrogen-bond donors (Lipinski definition) is 0. The van der Waals surface area contributed by atoms with Crippen molar-refractivity contribution in [3.63, 3.8) is 0 Å².